The Morgan fingerprint density at radius 1 is 0.875 bits per heavy atom. The van der Waals surface area contributed by atoms with E-state index in [2.05, 4.69) is 15.3 Å². The molecule has 1 aromatic heterocycles. The fourth-order valence-electron chi connectivity index (χ4n) is 2.00. The van der Waals surface area contributed by atoms with Crippen molar-refractivity contribution in [3.05, 3.63) is 60.3 Å². The number of aryl methyl sites for hydroxylation is 1. The van der Waals surface area contributed by atoms with E-state index in [4.69, 9.17) is 0 Å². The van der Waals surface area contributed by atoms with E-state index in [1.54, 1.807) is 37.3 Å². The van der Waals surface area contributed by atoms with Crippen molar-refractivity contribution in [1.29, 1.82) is 0 Å². The normalized spacial score (nSPS) is 10.2. The van der Waals surface area contributed by atoms with Gasteiger partial charge in [-0.05, 0) is 25.1 Å². The van der Waals surface area contributed by atoms with E-state index in [-0.39, 0.29) is 82.1 Å². The molecule has 6 nitrogen and oxygen atoms in total. The Morgan fingerprint density at radius 3 is 2.17 bits per heavy atom. The molecule has 0 amide bonds. The molecule has 0 saturated heterocycles. The molecule has 8 heteroatoms. The molecule has 2 aromatic carbocycles. The van der Waals surface area contributed by atoms with Crippen LogP contribution in [-0.2, 0) is 0 Å². The Morgan fingerprint density at radius 2 is 1.50 bits per heavy atom. The second-order valence-electron chi connectivity index (χ2n) is 4.65. The summed E-state index contributed by atoms with van der Waals surface area (Å²) in [7, 11) is 0. The molecule has 0 aliphatic heterocycles. The molecule has 0 radical (unpaired) electrons. The van der Waals surface area contributed by atoms with Crippen LogP contribution in [-0.4, -0.2) is 9.78 Å². The van der Waals surface area contributed by atoms with E-state index in [0.29, 0.717) is 11.4 Å². The number of azo groups is 1. The molecule has 24 heavy (non-hydrogen) atoms. The van der Waals surface area contributed by atoms with E-state index in [9.17, 15) is 10.2 Å². The zero-order chi connectivity index (χ0) is 15.5. The van der Waals surface area contributed by atoms with Crippen LogP contribution in [0.5, 0.6) is 11.6 Å². The molecule has 110 valence electrons. The molecule has 0 saturated carbocycles. The number of hydrogen-bond acceptors (Lipinski definition) is 5. The largest absolute Gasteiger partial charge is 1.00 e. The van der Waals surface area contributed by atoms with Gasteiger partial charge in [-0.2, -0.15) is 10.2 Å². The summed E-state index contributed by atoms with van der Waals surface area (Å²) in [5.74, 6) is -0.609. The van der Waals surface area contributed by atoms with Crippen LogP contribution in [0.15, 0.2) is 64.8 Å². The quantitative estimate of drug-likeness (QED) is 0.371. The topological polar surface area (TPSA) is 88.7 Å². The SMILES string of the molecule is Cc1nn(-c2ccccc2)c([O-])c1N=Nc1ccccc1[O-].[Na+].[Na+]. The van der Waals surface area contributed by atoms with Crippen LogP contribution in [0.1, 0.15) is 5.69 Å². The number of aromatic nitrogens is 2. The van der Waals surface area contributed by atoms with Crippen LogP contribution in [0.3, 0.4) is 0 Å². The summed E-state index contributed by atoms with van der Waals surface area (Å²) in [6.45, 7) is 1.68. The Balaban J connectivity index is 0.00000144. The third kappa shape index (κ3) is 4.47. The monoisotopic (exact) mass is 338 g/mol. The van der Waals surface area contributed by atoms with E-state index in [1.165, 1.54) is 10.7 Å². The smallest absolute Gasteiger partial charge is 0.871 e. The first-order chi connectivity index (χ1) is 10.7. The van der Waals surface area contributed by atoms with Gasteiger partial charge in [-0.1, -0.05) is 42.1 Å². The van der Waals surface area contributed by atoms with Crippen LogP contribution in [0, 0.1) is 6.92 Å². The molecule has 0 bridgehead atoms. The van der Waals surface area contributed by atoms with Crippen molar-refractivity contribution >= 4 is 11.4 Å². The van der Waals surface area contributed by atoms with E-state index < -0.39 is 0 Å². The Bertz CT molecular complexity index is 835. The van der Waals surface area contributed by atoms with Gasteiger partial charge in [0.05, 0.1) is 17.1 Å². The summed E-state index contributed by atoms with van der Waals surface area (Å²) in [5.41, 5.74) is 1.43. The van der Waals surface area contributed by atoms with E-state index in [1.807, 2.05) is 18.2 Å². The average Bonchev–Trinajstić information content (AvgIpc) is 2.82. The van der Waals surface area contributed by atoms with Crippen LogP contribution in [0.2, 0.25) is 0 Å². The van der Waals surface area contributed by atoms with Gasteiger partial charge in [0.2, 0.25) is 0 Å². The molecule has 3 aromatic rings. The van der Waals surface area contributed by atoms with E-state index in [0.717, 1.165) is 0 Å². The fourth-order valence-corrected chi connectivity index (χ4v) is 2.00. The molecular weight excluding hydrogens is 326 g/mol. The molecule has 0 fully saturated rings. The van der Waals surface area contributed by atoms with Gasteiger partial charge in [-0.25, -0.2) is 4.68 Å². The molecule has 0 unspecified atom stereocenters. The molecule has 0 spiro atoms. The van der Waals surface area contributed by atoms with Gasteiger partial charge in [0, 0.05) is 5.88 Å². The molecule has 0 atom stereocenters. The van der Waals surface area contributed by atoms with E-state index >= 15 is 0 Å². The number of benzene rings is 2. The van der Waals surface area contributed by atoms with Gasteiger partial charge >= 0.3 is 59.1 Å². The van der Waals surface area contributed by atoms with Crippen molar-refractivity contribution in [1.82, 2.24) is 9.78 Å². The zero-order valence-corrected chi connectivity index (χ0v) is 17.8. The van der Waals surface area contributed by atoms with Crippen molar-refractivity contribution < 1.29 is 69.3 Å². The molecule has 0 N–H and O–H groups in total. The summed E-state index contributed by atoms with van der Waals surface area (Å²) < 4.78 is 1.27. The summed E-state index contributed by atoms with van der Waals surface area (Å²) >= 11 is 0. The first-order valence-electron chi connectivity index (χ1n) is 6.66. The van der Waals surface area contributed by atoms with Crippen molar-refractivity contribution in [2.24, 2.45) is 10.2 Å². The summed E-state index contributed by atoms with van der Waals surface area (Å²) in [5, 5.41) is 35.9. The minimum atomic E-state index is -0.365. The average molecular weight is 338 g/mol. The van der Waals surface area contributed by atoms with Gasteiger partial charge in [0.15, 0.2) is 0 Å². The molecule has 0 aliphatic rings. The second-order valence-corrected chi connectivity index (χ2v) is 4.65. The third-order valence-corrected chi connectivity index (χ3v) is 3.11. The van der Waals surface area contributed by atoms with Crippen LogP contribution in [0.4, 0.5) is 11.4 Å². The third-order valence-electron chi connectivity index (χ3n) is 3.11. The maximum atomic E-state index is 12.4. The number of para-hydroxylation sites is 2. The maximum absolute atomic E-state index is 12.4. The summed E-state index contributed by atoms with van der Waals surface area (Å²) in [4.78, 5) is 0. The van der Waals surface area contributed by atoms with Crippen molar-refractivity contribution in [3.8, 4) is 17.3 Å². The fraction of sp³-hybridized carbons (Fsp3) is 0.0625. The molecule has 0 aliphatic carbocycles. The zero-order valence-electron chi connectivity index (χ0n) is 13.8. The predicted molar refractivity (Wildman–Crippen MR) is 77.8 cm³/mol. The maximum Gasteiger partial charge on any atom is 1.00 e. The van der Waals surface area contributed by atoms with Gasteiger partial charge in [0.1, 0.15) is 5.69 Å². The van der Waals surface area contributed by atoms with Gasteiger partial charge < -0.3 is 10.2 Å². The molecule has 1 heterocycles. The first kappa shape index (κ1) is 20.9. The molecule has 3 rings (SSSR count). The predicted octanol–water partition coefficient (Wildman–Crippen LogP) is -3.25. The summed E-state index contributed by atoms with van der Waals surface area (Å²) in [6.07, 6.45) is 0. The molecular formula is C16H12N4Na2O2. The van der Waals surface area contributed by atoms with Crippen molar-refractivity contribution in [2.45, 2.75) is 6.92 Å². The first-order valence-corrected chi connectivity index (χ1v) is 6.66. The summed E-state index contributed by atoms with van der Waals surface area (Å²) in [6, 6.07) is 15.3. The standard InChI is InChI=1S/C16H14N4O2.2Na/c1-11-15(18-17-13-9-5-6-10-14(13)21)16(22)20(19-11)12-7-3-2-4-8-12;;/h2-10,21-22H,1H3;;/q;2*+1/p-2. The Hall–Kier alpha value is -1.15. The van der Waals surface area contributed by atoms with Crippen LogP contribution >= 0.6 is 0 Å². The minimum absolute atomic E-state index is 0. The number of hydrogen-bond donors (Lipinski definition) is 0. The van der Waals surface area contributed by atoms with Crippen LogP contribution < -0.4 is 69.3 Å². The number of nitrogens with zero attached hydrogens (tertiary/aromatic N) is 4. The van der Waals surface area contributed by atoms with Gasteiger partial charge in [-0.3, -0.25) is 0 Å². The van der Waals surface area contributed by atoms with Crippen LogP contribution in [0.25, 0.3) is 5.69 Å². The Labute approximate surface area is 183 Å². The van der Waals surface area contributed by atoms with Crippen molar-refractivity contribution in [3.63, 3.8) is 0 Å². The van der Waals surface area contributed by atoms with Gasteiger partial charge in [-0.15, -0.1) is 5.11 Å². The second kappa shape index (κ2) is 9.36. The van der Waals surface area contributed by atoms with Gasteiger partial charge in [0.25, 0.3) is 0 Å². The Kier molecular flexibility index (Phi) is 8.15. The minimum Gasteiger partial charge on any atom is -0.871 e. The number of rotatable bonds is 3. The van der Waals surface area contributed by atoms with Crippen molar-refractivity contribution in [2.75, 3.05) is 0 Å².